The average Bonchev–Trinajstić information content (AvgIpc) is 2.97. The van der Waals surface area contributed by atoms with Crippen molar-refractivity contribution in [2.24, 2.45) is 11.7 Å². The second-order valence-electron chi connectivity index (χ2n) is 9.96. The second kappa shape index (κ2) is 14.6. The smallest absolute Gasteiger partial charge is 0.326 e. The summed E-state index contributed by atoms with van der Waals surface area (Å²) in [6.07, 6.45) is 3.66. The first-order valence-corrected chi connectivity index (χ1v) is 13.3. The number of H-pyrrole nitrogens is 1. The number of nitrogens with zero attached hydrogens (tertiary/aromatic N) is 2. The van der Waals surface area contributed by atoms with E-state index in [4.69, 9.17) is 23.0 Å². The molecule has 0 fully saturated rings. The van der Waals surface area contributed by atoms with Gasteiger partial charge in [-0.15, -0.1) is 6.42 Å². The third kappa shape index (κ3) is 8.61. The van der Waals surface area contributed by atoms with Crippen molar-refractivity contribution in [3.63, 3.8) is 0 Å². The lowest BCUT2D eigenvalue weighted by Crippen LogP contribution is -2.47. The molecule has 45 heavy (non-hydrogen) atoms. The van der Waals surface area contributed by atoms with Crippen LogP contribution in [0, 0.1) is 24.1 Å². The summed E-state index contributed by atoms with van der Waals surface area (Å²) in [5, 5.41) is 30.2. The Morgan fingerprint density at radius 2 is 1.80 bits per heavy atom. The number of carbonyl (C=O) groups excluding carboxylic acids is 2. The molecule has 0 spiro atoms. The minimum absolute atomic E-state index is 0.000337. The van der Waals surface area contributed by atoms with Gasteiger partial charge in [0.1, 0.15) is 17.8 Å². The van der Waals surface area contributed by atoms with E-state index >= 15 is 4.39 Å². The molecule has 0 radical (unpaired) electrons. The number of amides is 1. The number of nitrogen functional groups attached to an aromatic ring is 1. The van der Waals surface area contributed by atoms with Crippen LogP contribution in [0.25, 0.3) is 10.9 Å². The zero-order chi connectivity index (χ0) is 33.4. The lowest BCUT2D eigenvalue weighted by atomic mass is 9.90. The number of anilines is 2. The highest BCUT2D eigenvalue weighted by molar-refractivity contribution is 6.02. The van der Waals surface area contributed by atoms with Crippen LogP contribution in [0.4, 0.5) is 16.0 Å². The molecular formula is C29H29FN6O9. The van der Waals surface area contributed by atoms with Crippen LogP contribution in [0.3, 0.4) is 0 Å². The molecule has 0 aliphatic carbocycles. The highest BCUT2D eigenvalue weighted by atomic mass is 19.1. The van der Waals surface area contributed by atoms with Crippen LogP contribution in [0.15, 0.2) is 41.2 Å². The molecule has 0 bridgehead atoms. The summed E-state index contributed by atoms with van der Waals surface area (Å²) in [7, 11) is 0. The summed E-state index contributed by atoms with van der Waals surface area (Å²) in [6.45, 7) is 0.120. The second-order valence-corrected chi connectivity index (χ2v) is 9.96. The number of hydrogen-bond donors (Lipinski definition) is 7. The van der Waals surface area contributed by atoms with E-state index in [-0.39, 0.29) is 36.5 Å². The zero-order valence-electron chi connectivity index (χ0n) is 23.5. The summed E-state index contributed by atoms with van der Waals surface area (Å²) < 4.78 is 15.2. The number of nitrogens with two attached hydrogens (primary N) is 2. The maximum atomic E-state index is 15.2. The molecule has 1 heterocycles. The maximum absolute atomic E-state index is 15.2. The standard InChI is InChI=1S/C29H29FN6O9/c1-2-9-36(13-14-3-7-21-17(10-14)26(41)35-29(32)34-21)15-4-5-16(19(30)11-15)25(40)33-22(28(44)45)12-18(27(42)43)24(39)20(31)6-8-23(37)38/h1,3-5,7,10-11,18,20,22H,6,8-9,12-13,31H2,(H,33,40)(H,37,38)(H,42,43)(H,44,45)(H3,32,34,35,41)/t18?,20-,22-/m1/s1. The Balaban J connectivity index is 1.79. The Bertz CT molecular complexity index is 1750. The van der Waals surface area contributed by atoms with E-state index in [1.807, 2.05) is 5.32 Å². The molecular weight excluding hydrogens is 595 g/mol. The van der Waals surface area contributed by atoms with Gasteiger partial charge in [0.15, 0.2) is 5.78 Å². The molecule has 9 N–H and O–H groups in total. The molecule has 0 aliphatic rings. The lowest BCUT2D eigenvalue weighted by molar-refractivity contribution is -0.148. The Kier molecular flexibility index (Phi) is 10.9. The van der Waals surface area contributed by atoms with E-state index in [0.29, 0.717) is 11.1 Å². The monoisotopic (exact) mass is 624 g/mol. The van der Waals surface area contributed by atoms with E-state index in [2.05, 4.69) is 15.9 Å². The van der Waals surface area contributed by atoms with Crippen molar-refractivity contribution in [1.29, 1.82) is 0 Å². The van der Waals surface area contributed by atoms with E-state index < -0.39 is 77.4 Å². The summed E-state index contributed by atoms with van der Waals surface area (Å²) in [5.74, 6) is -7.68. The number of Topliss-reactive ketones (excluding diaryl/α,β-unsaturated/α-hetero) is 1. The van der Waals surface area contributed by atoms with Crippen LogP contribution >= 0.6 is 0 Å². The van der Waals surface area contributed by atoms with Crippen LogP contribution < -0.4 is 27.2 Å². The Morgan fingerprint density at radius 1 is 1.09 bits per heavy atom. The van der Waals surface area contributed by atoms with E-state index in [1.54, 1.807) is 23.1 Å². The first kappa shape index (κ1) is 33.7. The predicted octanol–water partition coefficient (Wildman–Crippen LogP) is 0.319. The number of benzene rings is 2. The SMILES string of the molecule is C#CCN(Cc1ccc2nc(N)[nH]c(=O)c2c1)c1ccc(C(=O)N[C@H](CC(C(=O)O)C(=O)[C@H](N)CCC(=O)O)C(=O)O)c(F)c1. The summed E-state index contributed by atoms with van der Waals surface area (Å²) in [4.78, 5) is 80.0. The van der Waals surface area contributed by atoms with Crippen molar-refractivity contribution in [1.82, 2.24) is 15.3 Å². The van der Waals surface area contributed by atoms with Gasteiger partial charge >= 0.3 is 17.9 Å². The number of rotatable bonds is 15. The number of carboxylic acids is 3. The number of carboxylic acid groups (broad SMARTS) is 3. The van der Waals surface area contributed by atoms with Crippen molar-refractivity contribution in [2.75, 3.05) is 17.2 Å². The highest BCUT2D eigenvalue weighted by Gasteiger charge is 2.36. The van der Waals surface area contributed by atoms with E-state index in [9.17, 15) is 39.0 Å². The molecule has 3 rings (SSSR count). The van der Waals surface area contributed by atoms with Gasteiger partial charge in [0.25, 0.3) is 11.5 Å². The van der Waals surface area contributed by atoms with Gasteiger partial charge in [-0.1, -0.05) is 12.0 Å². The van der Waals surface area contributed by atoms with Crippen LogP contribution in [0.1, 0.15) is 35.2 Å². The first-order valence-electron chi connectivity index (χ1n) is 13.3. The molecule has 3 aromatic rings. The van der Waals surface area contributed by atoms with Gasteiger partial charge in [-0.2, -0.15) is 0 Å². The van der Waals surface area contributed by atoms with Gasteiger partial charge in [0, 0.05) is 18.7 Å². The van der Waals surface area contributed by atoms with Crippen LogP contribution in [0.5, 0.6) is 0 Å². The maximum Gasteiger partial charge on any atom is 0.326 e. The Morgan fingerprint density at radius 3 is 2.40 bits per heavy atom. The quantitative estimate of drug-likeness (QED) is 0.0889. The number of ketones is 1. The molecule has 16 heteroatoms. The number of aromatic amines is 1. The largest absolute Gasteiger partial charge is 0.481 e. The Hall–Kier alpha value is -5.82. The molecule has 1 aromatic heterocycles. The highest BCUT2D eigenvalue weighted by Crippen LogP contribution is 2.23. The fourth-order valence-electron chi connectivity index (χ4n) is 4.47. The molecule has 2 aromatic carbocycles. The third-order valence-electron chi connectivity index (χ3n) is 6.76. The fraction of sp³-hybridized carbons (Fsp3) is 0.276. The van der Waals surface area contributed by atoms with Gasteiger partial charge in [-0.05, 0) is 48.7 Å². The van der Waals surface area contributed by atoms with Crippen molar-refractivity contribution < 1.29 is 43.7 Å². The van der Waals surface area contributed by atoms with Crippen molar-refractivity contribution >= 4 is 52.1 Å². The number of terminal acetylenes is 1. The minimum Gasteiger partial charge on any atom is -0.481 e. The first-order chi connectivity index (χ1) is 21.2. The number of aromatic nitrogens is 2. The number of fused-ring (bicyclic) bond motifs is 1. The predicted molar refractivity (Wildman–Crippen MR) is 158 cm³/mol. The normalized spacial score (nSPS) is 12.8. The molecule has 0 aliphatic heterocycles. The van der Waals surface area contributed by atoms with Gasteiger partial charge in [-0.25, -0.2) is 14.2 Å². The van der Waals surface area contributed by atoms with Gasteiger partial charge in [0.05, 0.1) is 29.1 Å². The number of aliphatic carboxylic acids is 3. The third-order valence-corrected chi connectivity index (χ3v) is 6.76. The van der Waals surface area contributed by atoms with Crippen LogP contribution in [-0.4, -0.2) is 73.5 Å². The van der Waals surface area contributed by atoms with Crippen molar-refractivity contribution in [3.05, 3.63) is 63.7 Å². The average molecular weight is 625 g/mol. The van der Waals surface area contributed by atoms with Gasteiger partial charge in [-0.3, -0.25) is 29.0 Å². The number of nitrogens with one attached hydrogen (secondary N) is 2. The summed E-state index contributed by atoms with van der Waals surface area (Å²) in [5.41, 5.74) is 11.4. The number of halogens is 1. The molecule has 0 saturated carbocycles. The molecule has 15 nitrogen and oxygen atoms in total. The van der Waals surface area contributed by atoms with E-state index in [0.717, 1.165) is 12.1 Å². The van der Waals surface area contributed by atoms with Crippen LogP contribution in [0.2, 0.25) is 0 Å². The molecule has 1 amide bonds. The molecule has 3 atom stereocenters. The topological polar surface area (TPSA) is 259 Å². The van der Waals surface area contributed by atoms with E-state index in [1.165, 1.54) is 6.07 Å². The summed E-state index contributed by atoms with van der Waals surface area (Å²) in [6, 6.07) is 4.81. The number of hydrogen-bond acceptors (Lipinski definition) is 10. The summed E-state index contributed by atoms with van der Waals surface area (Å²) >= 11 is 0. The minimum atomic E-state index is -1.99. The van der Waals surface area contributed by atoms with Crippen molar-refractivity contribution in [3.8, 4) is 12.3 Å². The van der Waals surface area contributed by atoms with Crippen LogP contribution in [-0.2, 0) is 25.7 Å². The number of carbonyl (C=O) groups is 5. The van der Waals surface area contributed by atoms with Gasteiger partial charge in [0.2, 0.25) is 5.95 Å². The fourth-order valence-corrected chi connectivity index (χ4v) is 4.47. The van der Waals surface area contributed by atoms with Gasteiger partial charge < -0.3 is 37.0 Å². The zero-order valence-corrected chi connectivity index (χ0v) is 23.5. The molecule has 1 unspecified atom stereocenters. The Labute approximate surface area is 254 Å². The molecule has 236 valence electrons. The lowest BCUT2D eigenvalue weighted by Gasteiger charge is -2.24. The molecule has 0 saturated heterocycles. The van der Waals surface area contributed by atoms with Crippen molar-refractivity contribution in [2.45, 2.75) is 37.9 Å².